The van der Waals surface area contributed by atoms with Crippen LogP contribution in [0.2, 0.25) is 0 Å². The SMILES string of the molecule is CCN1CCS/C1=C/C=Nc1ccccc1. The lowest BCUT2D eigenvalue weighted by Crippen LogP contribution is -2.17. The Morgan fingerprint density at radius 3 is 2.94 bits per heavy atom. The number of hydrogen-bond donors (Lipinski definition) is 0. The maximum Gasteiger partial charge on any atom is 0.0723 e. The van der Waals surface area contributed by atoms with E-state index in [1.807, 2.05) is 48.3 Å². The molecule has 1 aromatic carbocycles. The van der Waals surface area contributed by atoms with E-state index in [-0.39, 0.29) is 0 Å². The molecular formula is C13H16N2S. The van der Waals surface area contributed by atoms with Gasteiger partial charge >= 0.3 is 0 Å². The second-order valence-corrected chi connectivity index (χ2v) is 4.66. The van der Waals surface area contributed by atoms with Crippen LogP contribution in [0.3, 0.4) is 0 Å². The molecule has 84 valence electrons. The van der Waals surface area contributed by atoms with Gasteiger partial charge in [-0.2, -0.15) is 0 Å². The van der Waals surface area contributed by atoms with Crippen molar-refractivity contribution < 1.29 is 0 Å². The quantitative estimate of drug-likeness (QED) is 0.743. The van der Waals surface area contributed by atoms with Gasteiger partial charge < -0.3 is 4.90 Å². The average Bonchev–Trinajstić information content (AvgIpc) is 2.78. The molecule has 2 nitrogen and oxygen atoms in total. The summed E-state index contributed by atoms with van der Waals surface area (Å²) in [5.74, 6) is 1.19. The molecule has 0 spiro atoms. The normalized spacial score (nSPS) is 18.8. The van der Waals surface area contributed by atoms with E-state index in [1.54, 1.807) is 0 Å². The molecule has 3 heteroatoms. The second kappa shape index (κ2) is 5.75. The summed E-state index contributed by atoms with van der Waals surface area (Å²) in [6.07, 6.45) is 4.00. The Hall–Kier alpha value is -1.22. The Morgan fingerprint density at radius 2 is 2.19 bits per heavy atom. The first-order valence-corrected chi connectivity index (χ1v) is 6.56. The van der Waals surface area contributed by atoms with Gasteiger partial charge in [0, 0.05) is 25.1 Å². The van der Waals surface area contributed by atoms with E-state index in [9.17, 15) is 0 Å². The van der Waals surface area contributed by atoms with Crippen molar-refractivity contribution in [1.82, 2.24) is 4.90 Å². The topological polar surface area (TPSA) is 15.6 Å². The molecule has 0 aromatic heterocycles. The van der Waals surface area contributed by atoms with E-state index in [0.717, 1.165) is 18.8 Å². The minimum absolute atomic E-state index is 1.00. The molecule has 1 aromatic rings. The zero-order valence-corrected chi connectivity index (χ0v) is 10.3. The lowest BCUT2D eigenvalue weighted by atomic mass is 10.3. The van der Waals surface area contributed by atoms with Crippen LogP contribution in [0.5, 0.6) is 0 Å². The summed E-state index contributed by atoms with van der Waals surface area (Å²) in [5, 5.41) is 1.34. The zero-order valence-electron chi connectivity index (χ0n) is 9.47. The van der Waals surface area contributed by atoms with Crippen LogP contribution in [0.25, 0.3) is 0 Å². The number of benzene rings is 1. The third-order valence-electron chi connectivity index (χ3n) is 2.50. The van der Waals surface area contributed by atoms with Crippen molar-refractivity contribution in [3.63, 3.8) is 0 Å². The number of thioether (sulfide) groups is 1. The van der Waals surface area contributed by atoms with Crippen molar-refractivity contribution in [3.8, 4) is 0 Å². The molecule has 1 aliphatic heterocycles. The monoisotopic (exact) mass is 232 g/mol. The third kappa shape index (κ3) is 2.89. The standard InChI is InChI=1S/C13H16N2S/c1-2-15-10-11-16-13(15)8-9-14-12-6-4-3-5-7-12/h3-9H,2,10-11H2,1H3/b13-8+,14-9?. The van der Waals surface area contributed by atoms with Crippen molar-refractivity contribution in [2.75, 3.05) is 18.8 Å². The van der Waals surface area contributed by atoms with E-state index in [4.69, 9.17) is 0 Å². The minimum atomic E-state index is 1.00. The van der Waals surface area contributed by atoms with Crippen LogP contribution in [0.1, 0.15) is 6.92 Å². The lowest BCUT2D eigenvalue weighted by Gasteiger charge is -2.14. The van der Waals surface area contributed by atoms with Crippen molar-refractivity contribution in [1.29, 1.82) is 0 Å². The van der Waals surface area contributed by atoms with Gasteiger partial charge in [-0.05, 0) is 25.1 Å². The van der Waals surface area contributed by atoms with Gasteiger partial charge in [0.2, 0.25) is 0 Å². The molecule has 1 aliphatic rings. The molecule has 0 saturated carbocycles. The number of aliphatic imine (C=N–C) groups is 1. The Labute approximate surface area is 101 Å². The molecule has 0 unspecified atom stereocenters. The van der Waals surface area contributed by atoms with E-state index >= 15 is 0 Å². The number of nitrogens with zero attached hydrogens (tertiary/aromatic N) is 2. The fourth-order valence-corrected chi connectivity index (χ4v) is 2.71. The van der Waals surface area contributed by atoms with Crippen molar-refractivity contribution in [2.45, 2.75) is 6.92 Å². The van der Waals surface area contributed by atoms with Crippen LogP contribution in [-0.2, 0) is 0 Å². The summed E-state index contributed by atoms with van der Waals surface area (Å²) in [5.41, 5.74) is 1.00. The van der Waals surface area contributed by atoms with E-state index in [2.05, 4.69) is 22.9 Å². The molecule has 0 amide bonds. The molecule has 1 fully saturated rings. The Bertz CT molecular complexity index is 384. The Morgan fingerprint density at radius 1 is 1.38 bits per heavy atom. The summed E-state index contributed by atoms with van der Waals surface area (Å²) in [4.78, 5) is 6.77. The highest BCUT2D eigenvalue weighted by molar-refractivity contribution is 8.03. The van der Waals surface area contributed by atoms with Crippen LogP contribution in [0.4, 0.5) is 5.69 Å². The molecule has 1 saturated heterocycles. The summed E-state index contributed by atoms with van der Waals surface area (Å²) in [6, 6.07) is 10.0. The largest absolute Gasteiger partial charge is 0.366 e. The van der Waals surface area contributed by atoms with Gasteiger partial charge in [0.15, 0.2) is 0 Å². The summed E-state index contributed by atoms with van der Waals surface area (Å²) in [7, 11) is 0. The number of hydrogen-bond acceptors (Lipinski definition) is 3. The third-order valence-corrected chi connectivity index (χ3v) is 3.58. The van der Waals surface area contributed by atoms with Crippen LogP contribution in [0, 0.1) is 0 Å². The molecule has 0 radical (unpaired) electrons. The maximum atomic E-state index is 4.40. The van der Waals surface area contributed by atoms with Crippen LogP contribution < -0.4 is 0 Å². The molecule has 0 N–H and O–H groups in total. The first-order chi connectivity index (χ1) is 7.90. The number of allylic oxidation sites excluding steroid dienone is 1. The van der Waals surface area contributed by atoms with Crippen LogP contribution >= 0.6 is 11.8 Å². The van der Waals surface area contributed by atoms with Gasteiger partial charge in [0.1, 0.15) is 0 Å². The van der Waals surface area contributed by atoms with Crippen molar-refractivity contribution in [3.05, 3.63) is 41.4 Å². The molecule has 0 bridgehead atoms. The predicted octanol–water partition coefficient (Wildman–Crippen LogP) is 3.30. The van der Waals surface area contributed by atoms with Gasteiger partial charge in [0.25, 0.3) is 0 Å². The van der Waals surface area contributed by atoms with Crippen LogP contribution in [0.15, 0.2) is 46.4 Å². The van der Waals surface area contributed by atoms with E-state index < -0.39 is 0 Å². The van der Waals surface area contributed by atoms with Gasteiger partial charge in [-0.1, -0.05) is 18.2 Å². The first kappa shape index (κ1) is 11.3. The first-order valence-electron chi connectivity index (χ1n) is 5.57. The summed E-state index contributed by atoms with van der Waals surface area (Å²) < 4.78 is 0. The Kier molecular flexibility index (Phi) is 4.05. The average molecular weight is 232 g/mol. The van der Waals surface area contributed by atoms with E-state index in [1.165, 1.54) is 10.8 Å². The summed E-state index contributed by atoms with van der Waals surface area (Å²) in [6.45, 7) is 4.43. The fraction of sp³-hybridized carbons (Fsp3) is 0.308. The van der Waals surface area contributed by atoms with Crippen LogP contribution in [-0.4, -0.2) is 30.0 Å². The highest BCUT2D eigenvalue weighted by Crippen LogP contribution is 2.26. The molecule has 0 atom stereocenters. The lowest BCUT2D eigenvalue weighted by molar-refractivity contribution is 0.426. The van der Waals surface area contributed by atoms with Gasteiger partial charge in [-0.25, -0.2) is 0 Å². The van der Waals surface area contributed by atoms with E-state index in [0.29, 0.717) is 0 Å². The highest BCUT2D eigenvalue weighted by atomic mass is 32.2. The molecule has 16 heavy (non-hydrogen) atoms. The molecule has 0 aliphatic carbocycles. The van der Waals surface area contributed by atoms with Gasteiger partial charge in [0.05, 0.1) is 10.7 Å². The van der Waals surface area contributed by atoms with Gasteiger partial charge in [-0.15, -0.1) is 11.8 Å². The molecule has 2 rings (SSSR count). The van der Waals surface area contributed by atoms with Crippen molar-refractivity contribution in [2.24, 2.45) is 4.99 Å². The Balaban J connectivity index is 2.00. The smallest absolute Gasteiger partial charge is 0.0723 e. The minimum Gasteiger partial charge on any atom is -0.366 e. The number of para-hydroxylation sites is 1. The molecular weight excluding hydrogens is 216 g/mol. The second-order valence-electron chi connectivity index (χ2n) is 3.55. The maximum absolute atomic E-state index is 4.40. The highest BCUT2D eigenvalue weighted by Gasteiger charge is 2.14. The summed E-state index contributed by atoms with van der Waals surface area (Å²) >= 11 is 1.91. The molecule has 1 heterocycles. The zero-order chi connectivity index (χ0) is 11.2. The predicted molar refractivity (Wildman–Crippen MR) is 72.4 cm³/mol. The number of rotatable bonds is 3. The van der Waals surface area contributed by atoms with Gasteiger partial charge in [-0.3, -0.25) is 4.99 Å². The fourth-order valence-electron chi connectivity index (χ4n) is 1.63. The van der Waals surface area contributed by atoms with Crippen molar-refractivity contribution >= 4 is 23.7 Å².